The van der Waals surface area contributed by atoms with Gasteiger partial charge in [-0.25, -0.2) is 0 Å². The van der Waals surface area contributed by atoms with Crippen LogP contribution >= 0.6 is 0 Å². The minimum Gasteiger partial charge on any atom is -0.480 e. The summed E-state index contributed by atoms with van der Waals surface area (Å²) in [6.45, 7) is 3.52. The molecule has 1 fully saturated rings. The maximum Gasteiger partial charge on any atom is 0.321 e. The molecule has 2 atom stereocenters. The lowest BCUT2D eigenvalue weighted by molar-refractivity contribution is -0.146. The predicted octanol–water partition coefficient (Wildman–Crippen LogP) is 1.04. The number of carboxylic acids is 1. The predicted molar refractivity (Wildman–Crippen MR) is 69.3 cm³/mol. The summed E-state index contributed by atoms with van der Waals surface area (Å²) in [4.78, 5) is 26.3. The summed E-state index contributed by atoms with van der Waals surface area (Å²) in [6, 6.07) is -0.381. The van der Waals surface area contributed by atoms with Crippen LogP contribution in [0, 0.1) is 5.92 Å². The molecule has 1 aliphatic rings. The second-order valence-corrected chi connectivity index (χ2v) is 5.33. The van der Waals surface area contributed by atoms with Crippen molar-refractivity contribution in [2.45, 2.75) is 38.6 Å². The van der Waals surface area contributed by atoms with Gasteiger partial charge in [-0.1, -0.05) is 6.92 Å². The number of likely N-dealkylation sites (tertiary alicyclic amines) is 1. The second kappa shape index (κ2) is 6.73. The molecule has 18 heavy (non-hydrogen) atoms. The van der Waals surface area contributed by atoms with Crippen molar-refractivity contribution >= 4 is 11.9 Å². The number of carbonyl (C=O) groups excluding carboxylic acids is 1. The van der Waals surface area contributed by atoms with E-state index < -0.39 is 5.97 Å². The Kier molecular flexibility index (Phi) is 5.59. The maximum atomic E-state index is 11.5. The van der Waals surface area contributed by atoms with Crippen LogP contribution in [0.3, 0.4) is 0 Å². The van der Waals surface area contributed by atoms with Crippen LogP contribution in [0.4, 0.5) is 0 Å². The third-order valence-corrected chi connectivity index (χ3v) is 3.62. The summed E-state index contributed by atoms with van der Waals surface area (Å²) in [5.41, 5.74) is 0. The van der Waals surface area contributed by atoms with Gasteiger partial charge in [0, 0.05) is 20.5 Å². The monoisotopic (exact) mass is 256 g/mol. The van der Waals surface area contributed by atoms with E-state index in [-0.39, 0.29) is 17.9 Å². The normalized spacial score (nSPS) is 24.8. The van der Waals surface area contributed by atoms with Gasteiger partial charge in [0.25, 0.3) is 0 Å². The van der Waals surface area contributed by atoms with E-state index in [1.165, 1.54) is 0 Å². The smallest absolute Gasteiger partial charge is 0.321 e. The Bertz CT molecular complexity index is 305. The minimum absolute atomic E-state index is 0.104. The molecule has 0 saturated carbocycles. The molecule has 0 spiro atoms. The molecule has 1 heterocycles. The second-order valence-electron chi connectivity index (χ2n) is 5.33. The highest BCUT2D eigenvalue weighted by Crippen LogP contribution is 2.23. The van der Waals surface area contributed by atoms with E-state index in [4.69, 9.17) is 0 Å². The highest BCUT2D eigenvalue weighted by molar-refractivity contribution is 5.75. The molecule has 2 unspecified atom stereocenters. The zero-order chi connectivity index (χ0) is 13.7. The first-order valence-corrected chi connectivity index (χ1v) is 6.60. The van der Waals surface area contributed by atoms with Gasteiger partial charge < -0.3 is 10.0 Å². The molecule has 1 aliphatic heterocycles. The third kappa shape index (κ3) is 3.98. The topological polar surface area (TPSA) is 60.9 Å². The van der Waals surface area contributed by atoms with Crippen LogP contribution in [0.1, 0.15) is 32.6 Å². The SMILES string of the molecule is CC1CCCN(CCCC(=O)N(C)C)C1C(=O)O. The van der Waals surface area contributed by atoms with Crippen molar-refractivity contribution in [2.24, 2.45) is 5.92 Å². The van der Waals surface area contributed by atoms with Gasteiger partial charge in [-0.2, -0.15) is 0 Å². The fourth-order valence-electron chi connectivity index (χ4n) is 2.58. The number of rotatable bonds is 5. The maximum absolute atomic E-state index is 11.5. The third-order valence-electron chi connectivity index (χ3n) is 3.62. The quantitative estimate of drug-likeness (QED) is 0.798. The summed E-state index contributed by atoms with van der Waals surface area (Å²) in [5, 5.41) is 9.26. The fraction of sp³-hybridized carbons (Fsp3) is 0.846. The van der Waals surface area contributed by atoms with Crippen LogP contribution in [0.2, 0.25) is 0 Å². The number of nitrogens with zero attached hydrogens (tertiary/aromatic N) is 2. The lowest BCUT2D eigenvalue weighted by atomic mass is 9.90. The Morgan fingerprint density at radius 3 is 2.61 bits per heavy atom. The van der Waals surface area contributed by atoms with Crippen LogP contribution in [0.25, 0.3) is 0 Å². The van der Waals surface area contributed by atoms with E-state index in [9.17, 15) is 14.7 Å². The van der Waals surface area contributed by atoms with E-state index in [1.807, 2.05) is 11.8 Å². The first kappa shape index (κ1) is 15.0. The summed E-state index contributed by atoms with van der Waals surface area (Å²) in [6.07, 6.45) is 3.24. The van der Waals surface area contributed by atoms with Crippen LogP contribution in [0.5, 0.6) is 0 Å². The van der Waals surface area contributed by atoms with Crippen molar-refractivity contribution in [3.63, 3.8) is 0 Å². The molecule has 0 aromatic carbocycles. The lowest BCUT2D eigenvalue weighted by Gasteiger charge is -2.37. The molecule has 5 heteroatoms. The Morgan fingerprint density at radius 1 is 1.39 bits per heavy atom. The van der Waals surface area contributed by atoms with Crippen molar-refractivity contribution in [1.82, 2.24) is 9.80 Å². The molecule has 0 bridgehead atoms. The number of carboxylic acid groups (broad SMARTS) is 1. The number of aliphatic carboxylic acids is 1. The molecule has 0 radical (unpaired) electrons. The zero-order valence-electron chi connectivity index (χ0n) is 11.6. The number of hydrogen-bond donors (Lipinski definition) is 1. The van der Waals surface area contributed by atoms with Crippen molar-refractivity contribution in [3.05, 3.63) is 0 Å². The van der Waals surface area contributed by atoms with E-state index in [0.717, 1.165) is 25.8 Å². The number of amides is 1. The molecule has 0 aliphatic carbocycles. The lowest BCUT2D eigenvalue weighted by Crippen LogP contribution is -2.49. The van der Waals surface area contributed by atoms with E-state index in [0.29, 0.717) is 13.0 Å². The Morgan fingerprint density at radius 2 is 2.06 bits per heavy atom. The summed E-state index contributed by atoms with van der Waals surface area (Å²) in [5.74, 6) is -0.436. The van der Waals surface area contributed by atoms with Crippen molar-refractivity contribution in [3.8, 4) is 0 Å². The summed E-state index contributed by atoms with van der Waals surface area (Å²) in [7, 11) is 3.48. The number of carbonyl (C=O) groups is 2. The molecule has 1 saturated heterocycles. The highest BCUT2D eigenvalue weighted by Gasteiger charge is 2.33. The standard InChI is InChI=1S/C13H24N2O3/c1-10-6-4-8-15(12(10)13(17)18)9-5-7-11(16)14(2)3/h10,12H,4-9H2,1-3H3,(H,17,18). The van der Waals surface area contributed by atoms with Gasteiger partial charge in [-0.05, 0) is 38.3 Å². The Hall–Kier alpha value is -1.10. The fourth-order valence-corrected chi connectivity index (χ4v) is 2.58. The molecule has 5 nitrogen and oxygen atoms in total. The van der Waals surface area contributed by atoms with Gasteiger partial charge in [0.1, 0.15) is 6.04 Å². The van der Waals surface area contributed by atoms with Crippen LogP contribution in [-0.4, -0.2) is 60.0 Å². The van der Waals surface area contributed by atoms with Crippen LogP contribution in [-0.2, 0) is 9.59 Å². The van der Waals surface area contributed by atoms with E-state index in [1.54, 1.807) is 19.0 Å². The van der Waals surface area contributed by atoms with Crippen molar-refractivity contribution in [2.75, 3.05) is 27.2 Å². The number of piperidine rings is 1. The molecule has 0 aromatic rings. The van der Waals surface area contributed by atoms with Gasteiger partial charge in [-0.15, -0.1) is 0 Å². The Balaban J connectivity index is 2.44. The number of hydrogen-bond acceptors (Lipinski definition) is 3. The molecule has 104 valence electrons. The van der Waals surface area contributed by atoms with E-state index in [2.05, 4.69) is 0 Å². The van der Waals surface area contributed by atoms with E-state index >= 15 is 0 Å². The largest absolute Gasteiger partial charge is 0.480 e. The molecule has 0 aromatic heterocycles. The van der Waals surface area contributed by atoms with Gasteiger partial charge in [0.2, 0.25) is 5.91 Å². The van der Waals surface area contributed by atoms with Gasteiger partial charge >= 0.3 is 5.97 Å². The van der Waals surface area contributed by atoms with Gasteiger partial charge in [0.05, 0.1) is 0 Å². The molecular weight excluding hydrogens is 232 g/mol. The zero-order valence-corrected chi connectivity index (χ0v) is 11.6. The van der Waals surface area contributed by atoms with Gasteiger partial charge in [0.15, 0.2) is 0 Å². The van der Waals surface area contributed by atoms with Gasteiger partial charge in [-0.3, -0.25) is 14.5 Å². The highest BCUT2D eigenvalue weighted by atomic mass is 16.4. The van der Waals surface area contributed by atoms with Crippen molar-refractivity contribution in [1.29, 1.82) is 0 Å². The molecular formula is C13H24N2O3. The molecule has 1 rings (SSSR count). The molecule has 1 N–H and O–H groups in total. The molecule has 1 amide bonds. The first-order chi connectivity index (χ1) is 8.43. The Labute approximate surface area is 109 Å². The summed E-state index contributed by atoms with van der Waals surface area (Å²) < 4.78 is 0. The average Bonchev–Trinajstić information content (AvgIpc) is 2.28. The summed E-state index contributed by atoms with van der Waals surface area (Å²) >= 11 is 0. The first-order valence-electron chi connectivity index (χ1n) is 6.60. The van der Waals surface area contributed by atoms with Crippen LogP contribution < -0.4 is 0 Å². The average molecular weight is 256 g/mol. The van der Waals surface area contributed by atoms with Crippen molar-refractivity contribution < 1.29 is 14.7 Å². The van der Waals surface area contributed by atoms with Crippen LogP contribution in [0.15, 0.2) is 0 Å². The minimum atomic E-state index is -0.735.